The fourth-order valence-electron chi connectivity index (χ4n) is 2.02. The summed E-state index contributed by atoms with van der Waals surface area (Å²) >= 11 is 3.45. The van der Waals surface area contributed by atoms with Crippen LogP contribution in [-0.2, 0) is 6.42 Å². The van der Waals surface area contributed by atoms with Gasteiger partial charge in [0.15, 0.2) is 0 Å². The maximum absolute atomic E-state index is 14.3. The predicted octanol–water partition coefficient (Wildman–Crippen LogP) is 2.70. The third-order valence-electron chi connectivity index (χ3n) is 2.95. The number of methoxy groups -OCH3 is 1. The van der Waals surface area contributed by atoms with Gasteiger partial charge < -0.3 is 10.1 Å². The molecule has 1 saturated heterocycles. The molecule has 0 radical (unpaired) electrons. The van der Waals surface area contributed by atoms with Gasteiger partial charge in [-0.15, -0.1) is 0 Å². The van der Waals surface area contributed by atoms with Crippen LogP contribution in [0.2, 0.25) is 0 Å². The minimum Gasteiger partial charge on any atom is -0.497 e. The highest BCUT2D eigenvalue weighted by Crippen LogP contribution is 2.30. The van der Waals surface area contributed by atoms with Crippen molar-refractivity contribution in [1.82, 2.24) is 5.32 Å². The van der Waals surface area contributed by atoms with Crippen molar-refractivity contribution in [3.63, 3.8) is 0 Å². The van der Waals surface area contributed by atoms with Gasteiger partial charge in [-0.3, -0.25) is 0 Å². The molecular weight excluding hydrogens is 273 g/mol. The van der Waals surface area contributed by atoms with Crippen LogP contribution in [0.25, 0.3) is 0 Å². The van der Waals surface area contributed by atoms with Crippen LogP contribution in [0.3, 0.4) is 0 Å². The molecule has 1 aromatic carbocycles. The summed E-state index contributed by atoms with van der Waals surface area (Å²) in [5.41, 5.74) is -0.153. The number of nitrogens with one attached hydrogen (secondary N) is 1. The molecule has 0 spiro atoms. The van der Waals surface area contributed by atoms with E-state index in [0.29, 0.717) is 19.4 Å². The third-order valence-corrected chi connectivity index (χ3v) is 3.73. The molecule has 1 aliphatic heterocycles. The van der Waals surface area contributed by atoms with Crippen molar-refractivity contribution in [1.29, 1.82) is 0 Å². The molecule has 0 amide bonds. The highest BCUT2D eigenvalue weighted by atomic mass is 79.9. The maximum Gasteiger partial charge on any atom is 0.128 e. The van der Waals surface area contributed by atoms with Gasteiger partial charge in [-0.2, -0.15) is 0 Å². The summed E-state index contributed by atoms with van der Waals surface area (Å²) in [4.78, 5) is 0. The van der Waals surface area contributed by atoms with Crippen molar-refractivity contribution in [3.05, 3.63) is 28.2 Å². The number of ether oxygens (including phenoxy) is 1. The lowest BCUT2D eigenvalue weighted by atomic mass is 9.95. The number of halogens is 2. The van der Waals surface area contributed by atoms with E-state index in [1.165, 1.54) is 0 Å². The van der Waals surface area contributed by atoms with Crippen molar-refractivity contribution in [2.24, 2.45) is 0 Å². The van der Waals surface area contributed by atoms with Gasteiger partial charge in [0.25, 0.3) is 0 Å². The van der Waals surface area contributed by atoms with Crippen LogP contribution in [0, 0.1) is 0 Å². The summed E-state index contributed by atoms with van der Waals surface area (Å²) in [7, 11) is 1.62. The Morgan fingerprint density at radius 3 is 3.00 bits per heavy atom. The van der Waals surface area contributed by atoms with E-state index < -0.39 is 5.67 Å². The molecule has 1 aromatic rings. The molecule has 1 unspecified atom stereocenters. The smallest absolute Gasteiger partial charge is 0.128 e. The lowest BCUT2D eigenvalue weighted by molar-refractivity contribution is 0.190. The molecule has 1 fully saturated rings. The van der Waals surface area contributed by atoms with Crippen LogP contribution < -0.4 is 10.1 Å². The second-order valence-corrected chi connectivity index (χ2v) is 5.07. The molecule has 1 atom stereocenters. The third kappa shape index (κ3) is 2.55. The molecule has 4 heteroatoms. The first-order valence-corrected chi connectivity index (χ1v) is 6.14. The van der Waals surface area contributed by atoms with Gasteiger partial charge in [0.2, 0.25) is 0 Å². The molecular formula is C12H15BrFNO. The second-order valence-electron chi connectivity index (χ2n) is 4.21. The van der Waals surface area contributed by atoms with Crippen molar-refractivity contribution in [3.8, 4) is 5.75 Å². The Labute approximate surface area is 103 Å². The normalized spacial score (nSPS) is 24.7. The summed E-state index contributed by atoms with van der Waals surface area (Å²) in [6, 6.07) is 5.66. The minimum atomic E-state index is -1.12. The first kappa shape index (κ1) is 11.9. The molecule has 2 rings (SSSR count). The molecule has 16 heavy (non-hydrogen) atoms. The Bertz CT molecular complexity index is 377. The van der Waals surface area contributed by atoms with Crippen molar-refractivity contribution in [2.75, 3.05) is 20.2 Å². The quantitative estimate of drug-likeness (QED) is 0.923. The fourth-order valence-corrected chi connectivity index (χ4v) is 2.41. The first-order valence-electron chi connectivity index (χ1n) is 5.35. The molecule has 1 N–H and O–H groups in total. The van der Waals surface area contributed by atoms with Crippen LogP contribution in [-0.4, -0.2) is 25.9 Å². The van der Waals surface area contributed by atoms with E-state index in [9.17, 15) is 4.39 Å². The highest BCUT2D eigenvalue weighted by Gasteiger charge is 2.34. The second kappa shape index (κ2) is 4.72. The van der Waals surface area contributed by atoms with Crippen molar-refractivity contribution >= 4 is 15.9 Å². The van der Waals surface area contributed by atoms with Crippen molar-refractivity contribution < 1.29 is 9.13 Å². The summed E-state index contributed by atoms with van der Waals surface area (Å²) in [6.07, 6.45) is 1.01. The zero-order chi connectivity index (χ0) is 11.6. The molecule has 0 bridgehead atoms. The van der Waals surface area contributed by atoms with Crippen LogP contribution in [0.5, 0.6) is 5.75 Å². The molecule has 0 aliphatic carbocycles. The Morgan fingerprint density at radius 2 is 2.38 bits per heavy atom. The van der Waals surface area contributed by atoms with Crippen molar-refractivity contribution in [2.45, 2.75) is 18.5 Å². The minimum absolute atomic E-state index is 0.428. The Balaban J connectivity index is 2.19. The summed E-state index contributed by atoms with van der Waals surface area (Å²) in [5.74, 6) is 0.771. The number of hydrogen-bond acceptors (Lipinski definition) is 2. The van der Waals surface area contributed by atoms with Crippen LogP contribution in [0.4, 0.5) is 4.39 Å². The van der Waals surface area contributed by atoms with E-state index in [2.05, 4.69) is 21.2 Å². The lowest BCUT2D eigenvalue weighted by Gasteiger charge is -2.19. The van der Waals surface area contributed by atoms with Crippen LogP contribution >= 0.6 is 15.9 Å². The SMILES string of the molecule is COc1ccc(Br)c(CC2(F)CCNC2)c1. The van der Waals surface area contributed by atoms with E-state index in [0.717, 1.165) is 22.3 Å². The van der Waals surface area contributed by atoms with E-state index in [1.54, 1.807) is 7.11 Å². The predicted molar refractivity (Wildman–Crippen MR) is 65.7 cm³/mol. The number of rotatable bonds is 3. The van der Waals surface area contributed by atoms with Gasteiger partial charge in [0, 0.05) is 17.4 Å². The zero-order valence-corrected chi connectivity index (χ0v) is 10.8. The summed E-state index contributed by atoms with van der Waals surface area (Å²) in [6.45, 7) is 1.20. The monoisotopic (exact) mass is 287 g/mol. The Hall–Kier alpha value is -0.610. The molecule has 2 nitrogen and oxygen atoms in total. The molecule has 1 aliphatic rings. The maximum atomic E-state index is 14.3. The van der Waals surface area contributed by atoms with Crippen LogP contribution in [0.1, 0.15) is 12.0 Å². The Kier molecular flexibility index (Phi) is 3.50. The van der Waals surface area contributed by atoms with Gasteiger partial charge in [0.1, 0.15) is 11.4 Å². The van der Waals surface area contributed by atoms with Gasteiger partial charge >= 0.3 is 0 Å². The highest BCUT2D eigenvalue weighted by molar-refractivity contribution is 9.10. The zero-order valence-electron chi connectivity index (χ0n) is 9.22. The fraction of sp³-hybridized carbons (Fsp3) is 0.500. The van der Waals surface area contributed by atoms with E-state index >= 15 is 0 Å². The largest absolute Gasteiger partial charge is 0.497 e. The van der Waals surface area contributed by atoms with Crippen LogP contribution in [0.15, 0.2) is 22.7 Å². The molecule has 88 valence electrons. The van der Waals surface area contributed by atoms with Gasteiger partial charge in [-0.1, -0.05) is 15.9 Å². The average Bonchev–Trinajstić information content (AvgIpc) is 2.68. The number of benzene rings is 1. The van der Waals surface area contributed by atoms with Gasteiger partial charge in [-0.25, -0.2) is 4.39 Å². The number of alkyl halides is 1. The molecule has 1 heterocycles. The van der Waals surface area contributed by atoms with E-state index in [4.69, 9.17) is 4.74 Å². The van der Waals surface area contributed by atoms with Gasteiger partial charge in [0.05, 0.1) is 7.11 Å². The Morgan fingerprint density at radius 1 is 1.56 bits per heavy atom. The van der Waals surface area contributed by atoms with E-state index in [-0.39, 0.29) is 0 Å². The molecule has 0 saturated carbocycles. The standard InChI is InChI=1S/C12H15BrFNO/c1-16-10-2-3-11(13)9(6-10)7-12(14)4-5-15-8-12/h2-3,6,15H,4-5,7-8H2,1H3. The topological polar surface area (TPSA) is 21.3 Å². The first-order chi connectivity index (χ1) is 7.63. The summed E-state index contributed by atoms with van der Waals surface area (Å²) < 4.78 is 20.4. The number of hydrogen-bond donors (Lipinski definition) is 1. The van der Waals surface area contributed by atoms with E-state index in [1.807, 2.05) is 18.2 Å². The molecule has 0 aromatic heterocycles. The lowest BCUT2D eigenvalue weighted by Crippen LogP contribution is -2.28. The summed E-state index contributed by atoms with van der Waals surface area (Å²) in [5, 5.41) is 3.06. The van der Waals surface area contributed by atoms with Gasteiger partial charge in [-0.05, 0) is 36.7 Å². The average molecular weight is 288 g/mol.